The van der Waals surface area contributed by atoms with Crippen molar-refractivity contribution in [2.45, 2.75) is 39.1 Å². The highest BCUT2D eigenvalue weighted by atomic mass is 19.4. The van der Waals surface area contributed by atoms with Crippen LogP contribution < -0.4 is 0 Å². The molecule has 1 N–H and O–H groups in total. The van der Waals surface area contributed by atoms with E-state index in [1.165, 1.54) is 12.1 Å². The lowest BCUT2D eigenvalue weighted by Crippen LogP contribution is -2.38. The van der Waals surface area contributed by atoms with Crippen LogP contribution in [0.15, 0.2) is 28.8 Å². The van der Waals surface area contributed by atoms with Crippen molar-refractivity contribution in [3.63, 3.8) is 0 Å². The summed E-state index contributed by atoms with van der Waals surface area (Å²) in [5.74, 6) is 0.578. The first kappa shape index (κ1) is 18.4. The van der Waals surface area contributed by atoms with E-state index < -0.39 is 17.3 Å². The van der Waals surface area contributed by atoms with Gasteiger partial charge in [-0.3, -0.25) is 4.90 Å². The third-order valence-corrected chi connectivity index (χ3v) is 3.36. The highest BCUT2D eigenvalue weighted by Crippen LogP contribution is 2.30. The number of aromatic nitrogens is 2. The summed E-state index contributed by atoms with van der Waals surface area (Å²) in [4.78, 5) is 6.14. The standard InChI is InChI=1S/C16H20F3N3O2/c1-4-22(10-15(2,3)23)9-13-20-14(21-24-13)11-5-7-12(8-6-11)16(17,18)19/h5-8,23H,4,9-10H2,1-3H3. The van der Waals surface area contributed by atoms with Crippen LogP contribution in [-0.2, 0) is 12.7 Å². The highest BCUT2D eigenvalue weighted by Gasteiger charge is 2.30. The van der Waals surface area contributed by atoms with Gasteiger partial charge < -0.3 is 9.63 Å². The molecule has 0 saturated heterocycles. The Balaban J connectivity index is 2.10. The summed E-state index contributed by atoms with van der Waals surface area (Å²) in [6, 6.07) is 4.59. The molecule has 0 fully saturated rings. The van der Waals surface area contributed by atoms with Crippen molar-refractivity contribution in [1.82, 2.24) is 15.0 Å². The molecule has 0 unspecified atom stereocenters. The van der Waals surface area contributed by atoms with Crippen LogP contribution in [0.4, 0.5) is 13.2 Å². The molecule has 2 rings (SSSR count). The zero-order valence-corrected chi connectivity index (χ0v) is 13.8. The van der Waals surface area contributed by atoms with Gasteiger partial charge in [0, 0.05) is 12.1 Å². The summed E-state index contributed by atoms with van der Waals surface area (Å²) in [6.45, 7) is 6.82. The molecule has 8 heteroatoms. The van der Waals surface area contributed by atoms with E-state index in [-0.39, 0.29) is 5.82 Å². The zero-order chi connectivity index (χ0) is 18.0. The normalized spacial score (nSPS) is 12.8. The average molecular weight is 343 g/mol. The molecule has 132 valence electrons. The van der Waals surface area contributed by atoms with E-state index in [1.807, 2.05) is 11.8 Å². The fraction of sp³-hybridized carbons (Fsp3) is 0.500. The lowest BCUT2D eigenvalue weighted by Gasteiger charge is -2.26. The largest absolute Gasteiger partial charge is 0.416 e. The second kappa shape index (κ2) is 6.90. The molecular formula is C16H20F3N3O2. The van der Waals surface area contributed by atoms with Gasteiger partial charge in [0.15, 0.2) is 0 Å². The molecule has 0 aliphatic rings. The SMILES string of the molecule is CCN(Cc1nc(-c2ccc(C(F)(F)F)cc2)no1)CC(C)(C)O. The third-order valence-electron chi connectivity index (χ3n) is 3.36. The van der Waals surface area contributed by atoms with Crippen LogP contribution in [0.5, 0.6) is 0 Å². The van der Waals surface area contributed by atoms with Crippen molar-refractivity contribution >= 4 is 0 Å². The van der Waals surface area contributed by atoms with Gasteiger partial charge in [0.05, 0.1) is 17.7 Å². The van der Waals surface area contributed by atoms with Crippen LogP contribution in [0, 0.1) is 0 Å². The maximum atomic E-state index is 12.6. The maximum absolute atomic E-state index is 12.6. The summed E-state index contributed by atoms with van der Waals surface area (Å²) in [5, 5.41) is 13.7. The fourth-order valence-corrected chi connectivity index (χ4v) is 2.26. The molecule has 0 aliphatic carbocycles. The summed E-state index contributed by atoms with van der Waals surface area (Å²) in [5.41, 5.74) is -1.13. The van der Waals surface area contributed by atoms with E-state index >= 15 is 0 Å². The minimum absolute atomic E-state index is 0.234. The molecule has 2 aromatic rings. The molecule has 0 atom stereocenters. The first-order valence-electron chi connectivity index (χ1n) is 7.53. The predicted molar refractivity (Wildman–Crippen MR) is 82.0 cm³/mol. The van der Waals surface area contributed by atoms with Gasteiger partial charge in [-0.1, -0.05) is 24.2 Å². The Hall–Kier alpha value is -1.93. The first-order valence-corrected chi connectivity index (χ1v) is 7.53. The van der Waals surface area contributed by atoms with Gasteiger partial charge in [-0.2, -0.15) is 18.2 Å². The molecule has 0 radical (unpaired) electrons. The fourth-order valence-electron chi connectivity index (χ4n) is 2.26. The topological polar surface area (TPSA) is 62.4 Å². The highest BCUT2D eigenvalue weighted by molar-refractivity contribution is 5.54. The van der Waals surface area contributed by atoms with E-state index in [1.54, 1.807) is 13.8 Å². The molecule has 0 bridgehead atoms. The van der Waals surface area contributed by atoms with Crippen molar-refractivity contribution in [1.29, 1.82) is 0 Å². The van der Waals surface area contributed by atoms with Crippen molar-refractivity contribution in [3.8, 4) is 11.4 Å². The lowest BCUT2D eigenvalue weighted by atomic mass is 10.1. The molecule has 5 nitrogen and oxygen atoms in total. The van der Waals surface area contributed by atoms with Crippen LogP contribution in [0.25, 0.3) is 11.4 Å². The van der Waals surface area contributed by atoms with Gasteiger partial charge >= 0.3 is 6.18 Å². The van der Waals surface area contributed by atoms with Crippen LogP contribution >= 0.6 is 0 Å². The second-order valence-electron chi connectivity index (χ2n) is 6.20. The van der Waals surface area contributed by atoms with E-state index in [0.29, 0.717) is 31.1 Å². The number of likely N-dealkylation sites (N-methyl/N-ethyl adjacent to an activating group) is 1. The number of benzene rings is 1. The Morgan fingerprint density at radius 2 is 1.79 bits per heavy atom. The Morgan fingerprint density at radius 3 is 2.29 bits per heavy atom. The Bertz CT molecular complexity index is 660. The Morgan fingerprint density at radius 1 is 1.17 bits per heavy atom. The van der Waals surface area contributed by atoms with Gasteiger partial charge in [-0.25, -0.2) is 0 Å². The summed E-state index contributed by atoms with van der Waals surface area (Å²) < 4.78 is 42.9. The molecule has 24 heavy (non-hydrogen) atoms. The van der Waals surface area contributed by atoms with E-state index in [4.69, 9.17) is 4.52 Å². The number of halogens is 3. The van der Waals surface area contributed by atoms with Crippen molar-refractivity contribution in [2.75, 3.05) is 13.1 Å². The molecule has 0 amide bonds. The van der Waals surface area contributed by atoms with Crippen molar-refractivity contribution < 1.29 is 22.8 Å². The van der Waals surface area contributed by atoms with Crippen LogP contribution in [0.2, 0.25) is 0 Å². The summed E-state index contributed by atoms with van der Waals surface area (Å²) in [7, 11) is 0. The zero-order valence-electron chi connectivity index (χ0n) is 13.8. The van der Waals surface area contributed by atoms with E-state index in [9.17, 15) is 18.3 Å². The number of aliphatic hydroxyl groups is 1. The molecular weight excluding hydrogens is 323 g/mol. The average Bonchev–Trinajstić information content (AvgIpc) is 2.93. The van der Waals surface area contributed by atoms with Gasteiger partial charge in [-0.15, -0.1) is 0 Å². The number of nitrogens with zero attached hydrogens (tertiary/aromatic N) is 3. The molecule has 0 spiro atoms. The quantitative estimate of drug-likeness (QED) is 0.871. The van der Waals surface area contributed by atoms with Gasteiger partial charge in [-0.05, 0) is 32.5 Å². The predicted octanol–water partition coefficient (Wildman–Crippen LogP) is 3.35. The minimum atomic E-state index is -4.38. The summed E-state index contributed by atoms with van der Waals surface area (Å²) in [6.07, 6.45) is -4.38. The van der Waals surface area contributed by atoms with E-state index in [2.05, 4.69) is 10.1 Å². The van der Waals surface area contributed by atoms with Crippen molar-refractivity contribution in [2.24, 2.45) is 0 Å². The number of rotatable bonds is 6. The van der Waals surface area contributed by atoms with Crippen LogP contribution in [-0.4, -0.2) is 38.8 Å². The smallest absolute Gasteiger partial charge is 0.389 e. The molecule has 1 heterocycles. The molecule has 0 aliphatic heterocycles. The monoisotopic (exact) mass is 343 g/mol. The van der Waals surface area contributed by atoms with Gasteiger partial charge in [0.25, 0.3) is 0 Å². The minimum Gasteiger partial charge on any atom is -0.389 e. The Kier molecular flexibility index (Phi) is 5.29. The second-order valence-corrected chi connectivity index (χ2v) is 6.20. The third kappa shape index (κ3) is 5.04. The number of alkyl halides is 3. The Labute approximate surface area is 138 Å². The maximum Gasteiger partial charge on any atom is 0.416 e. The van der Waals surface area contributed by atoms with Crippen LogP contribution in [0.1, 0.15) is 32.2 Å². The van der Waals surface area contributed by atoms with Gasteiger partial charge in [0.2, 0.25) is 11.7 Å². The summed E-state index contributed by atoms with van der Waals surface area (Å²) >= 11 is 0. The van der Waals surface area contributed by atoms with Crippen LogP contribution in [0.3, 0.4) is 0 Å². The molecule has 1 aromatic heterocycles. The molecule has 1 aromatic carbocycles. The number of hydrogen-bond acceptors (Lipinski definition) is 5. The molecule has 0 saturated carbocycles. The lowest BCUT2D eigenvalue weighted by molar-refractivity contribution is -0.137. The first-order chi connectivity index (χ1) is 11.1. The van der Waals surface area contributed by atoms with Crippen molar-refractivity contribution in [3.05, 3.63) is 35.7 Å². The number of hydrogen-bond donors (Lipinski definition) is 1. The van der Waals surface area contributed by atoms with E-state index in [0.717, 1.165) is 12.1 Å². The van der Waals surface area contributed by atoms with Gasteiger partial charge in [0.1, 0.15) is 0 Å².